The second kappa shape index (κ2) is 5.50. The zero-order valence-electron chi connectivity index (χ0n) is 8.88. The van der Waals surface area contributed by atoms with Crippen LogP contribution in [0.1, 0.15) is 0 Å². The third kappa shape index (κ3) is 3.83. The molecule has 0 aliphatic carbocycles. The average Bonchev–Trinajstić information content (AvgIpc) is 2.27. The Morgan fingerprint density at radius 2 is 1.41 bits per heavy atom. The highest BCUT2D eigenvalue weighted by Gasteiger charge is 2.07. The van der Waals surface area contributed by atoms with E-state index in [0.717, 1.165) is 12.2 Å². The quantitative estimate of drug-likeness (QED) is 0.486. The first-order valence-corrected chi connectivity index (χ1v) is 4.57. The molecule has 0 saturated carbocycles. The minimum Gasteiger partial charge on any atom is -0.508 e. The van der Waals surface area contributed by atoms with E-state index < -0.39 is 11.9 Å². The fourth-order valence-corrected chi connectivity index (χ4v) is 0.990. The summed E-state index contributed by atoms with van der Waals surface area (Å²) in [5.41, 5.74) is 0. The maximum atomic E-state index is 10.9. The molecule has 0 aromatic heterocycles. The maximum Gasteiger partial charge on any atom is 0.335 e. The third-order valence-corrected chi connectivity index (χ3v) is 1.64. The van der Waals surface area contributed by atoms with Crippen LogP contribution in [0.25, 0.3) is 0 Å². The Bertz CT molecular complexity index is 436. The van der Waals surface area contributed by atoms with Crippen LogP contribution in [-0.2, 0) is 9.59 Å². The molecule has 5 heteroatoms. The highest BCUT2D eigenvalue weighted by atomic mass is 16.5. The van der Waals surface area contributed by atoms with E-state index in [0.29, 0.717) is 0 Å². The van der Waals surface area contributed by atoms with E-state index in [1.807, 2.05) is 0 Å². The number of hydrogen-bond acceptors (Lipinski definition) is 5. The lowest BCUT2D eigenvalue weighted by atomic mass is 10.3. The molecule has 17 heavy (non-hydrogen) atoms. The molecule has 0 saturated heterocycles. The van der Waals surface area contributed by atoms with Gasteiger partial charge in [0.15, 0.2) is 0 Å². The number of ether oxygens (including phenoxy) is 2. The SMILES string of the molecule is C=CC(=O)Oc1cc(O)cc(OC(=O)C=C)c1. The molecule has 0 spiro atoms. The van der Waals surface area contributed by atoms with E-state index in [1.165, 1.54) is 18.2 Å². The topological polar surface area (TPSA) is 72.8 Å². The lowest BCUT2D eigenvalue weighted by Crippen LogP contribution is -2.05. The normalized spacial score (nSPS) is 9.18. The van der Waals surface area contributed by atoms with Gasteiger partial charge in [-0.15, -0.1) is 0 Å². The average molecular weight is 234 g/mol. The van der Waals surface area contributed by atoms with Crippen molar-refractivity contribution in [2.75, 3.05) is 0 Å². The molecule has 1 N–H and O–H groups in total. The number of carbonyl (C=O) groups is 2. The summed E-state index contributed by atoms with van der Waals surface area (Å²) in [4.78, 5) is 21.9. The van der Waals surface area contributed by atoms with E-state index in [1.54, 1.807) is 0 Å². The summed E-state index contributed by atoms with van der Waals surface area (Å²) in [5.74, 6) is -1.48. The van der Waals surface area contributed by atoms with Gasteiger partial charge in [-0.05, 0) is 0 Å². The number of phenols is 1. The summed E-state index contributed by atoms with van der Waals surface area (Å²) in [6.07, 6.45) is 1.94. The highest BCUT2D eigenvalue weighted by Crippen LogP contribution is 2.27. The molecule has 0 fully saturated rings. The number of hydrogen-bond donors (Lipinski definition) is 1. The van der Waals surface area contributed by atoms with Crippen molar-refractivity contribution >= 4 is 11.9 Å². The first-order chi connectivity index (χ1) is 8.05. The fraction of sp³-hybridized carbons (Fsp3) is 0. The first-order valence-electron chi connectivity index (χ1n) is 4.57. The predicted molar refractivity (Wildman–Crippen MR) is 59.8 cm³/mol. The van der Waals surface area contributed by atoms with Crippen molar-refractivity contribution in [3.8, 4) is 17.2 Å². The summed E-state index contributed by atoms with van der Waals surface area (Å²) >= 11 is 0. The number of rotatable bonds is 4. The molecule has 1 aromatic carbocycles. The van der Waals surface area contributed by atoms with Gasteiger partial charge in [-0.3, -0.25) is 0 Å². The fourth-order valence-electron chi connectivity index (χ4n) is 0.990. The third-order valence-electron chi connectivity index (χ3n) is 1.64. The molecule has 1 rings (SSSR count). The largest absolute Gasteiger partial charge is 0.508 e. The lowest BCUT2D eigenvalue weighted by molar-refractivity contribution is -0.129. The minimum absolute atomic E-state index is 0.0433. The second-order valence-corrected chi connectivity index (χ2v) is 2.91. The van der Waals surface area contributed by atoms with Crippen LogP contribution < -0.4 is 9.47 Å². The van der Waals surface area contributed by atoms with Gasteiger partial charge < -0.3 is 14.6 Å². The molecular formula is C12H10O5. The summed E-state index contributed by atoms with van der Waals surface area (Å²) in [6.45, 7) is 6.46. The maximum absolute atomic E-state index is 10.9. The summed E-state index contributed by atoms with van der Waals surface area (Å²) in [6, 6.07) is 3.68. The van der Waals surface area contributed by atoms with Gasteiger partial charge in [0.2, 0.25) is 0 Å². The van der Waals surface area contributed by atoms with Crippen LogP contribution in [0.15, 0.2) is 43.5 Å². The Morgan fingerprint density at radius 3 is 1.76 bits per heavy atom. The van der Waals surface area contributed by atoms with Gasteiger partial charge in [0, 0.05) is 30.4 Å². The van der Waals surface area contributed by atoms with E-state index >= 15 is 0 Å². The number of benzene rings is 1. The zero-order chi connectivity index (χ0) is 12.8. The Balaban J connectivity index is 2.93. The predicted octanol–water partition coefficient (Wildman–Crippen LogP) is 1.57. The van der Waals surface area contributed by atoms with E-state index in [-0.39, 0.29) is 17.2 Å². The monoisotopic (exact) mass is 234 g/mol. The molecule has 88 valence electrons. The molecule has 0 radical (unpaired) electrons. The van der Waals surface area contributed by atoms with Crippen molar-refractivity contribution in [3.05, 3.63) is 43.5 Å². The summed E-state index contributed by atoms with van der Waals surface area (Å²) in [5, 5.41) is 9.33. The van der Waals surface area contributed by atoms with Crippen LogP contribution in [-0.4, -0.2) is 17.0 Å². The van der Waals surface area contributed by atoms with E-state index in [2.05, 4.69) is 13.2 Å². The molecule has 0 amide bonds. The van der Waals surface area contributed by atoms with Crippen LogP contribution in [0.5, 0.6) is 17.2 Å². The minimum atomic E-state index is -0.684. The van der Waals surface area contributed by atoms with Gasteiger partial charge in [0.05, 0.1) is 0 Å². The zero-order valence-corrected chi connectivity index (χ0v) is 8.88. The molecular weight excluding hydrogens is 224 g/mol. The summed E-state index contributed by atoms with van der Waals surface area (Å²) in [7, 11) is 0. The Kier molecular flexibility index (Phi) is 4.05. The molecule has 0 aliphatic heterocycles. The van der Waals surface area contributed by atoms with Gasteiger partial charge in [-0.25, -0.2) is 9.59 Å². The van der Waals surface area contributed by atoms with Gasteiger partial charge in [0.25, 0.3) is 0 Å². The van der Waals surface area contributed by atoms with Crippen molar-refractivity contribution in [2.24, 2.45) is 0 Å². The van der Waals surface area contributed by atoms with Gasteiger partial charge in [0.1, 0.15) is 17.2 Å². The van der Waals surface area contributed by atoms with Crippen LogP contribution in [0, 0.1) is 0 Å². The molecule has 5 nitrogen and oxygen atoms in total. The molecule has 0 heterocycles. The van der Waals surface area contributed by atoms with Crippen LogP contribution in [0.4, 0.5) is 0 Å². The smallest absolute Gasteiger partial charge is 0.335 e. The lowest BCUT2D eigenvalue weighted by Gasteiger charge is -2.06. The molecule has 1 aromatic rings. The van der Waals surface area contributed by atoms with Crippen LogP contribution >= 0.6 is 0 Å². The molecule has 0 aliphatic rings. The number of carbonyl (C=O) groups excluding carboxylic acids is 2. The van der Waals surface area contributed by atoms with Gasteiger partial charge in [-0.1, -0.05) is 13.2 Å². The molecule has 0 unspecified atom stereocenters. The molecule has 0 bridgehead atoms. The highest BCUT2D eigenvalue weighted by molar-refractivity contribution is 5.84. The van der Waals surface area contributed by atoms with Crippen molar-refractivity contribution in [1.82, 2.24) is 0 Å². The van der Waals surface area contributed by atoms with Gasteiger partial charge >= 0.3 is 11.9 Å². The summed E-state index contributed by atoms with van der Waals surface area (Å²) < 4.78 is 9.53. The number of esters is 2. The van der Waals surface area contributed by atoms with E-state index in [4.69, 9.17) is 9.47 Å². The van der Waals surface area contributed by atoms with Crippen molar-refractivity contribution in [2.45, 2.75) is 0 Å². The first kappa shape index (κ1) is 12.5. The van der Waals surface area contributed by atoms with Crippen molar-refractivity contribution in [3.63, 3.8) is 0 Å². The van der Waals surface area contributed by atoms with Gasteiger partial charge in [-0.2, -0.15) is 0 Å². The van der Waals surface area contributed by atoms with Crippen LogP contribution in [0.3, 0.4) is 0 Å². The van der Waals surface area contributed by atoms with Crippen molar-refractivity contribution < 1.29 is 24.2 Å². The number of phenolic OH excluding ortho intramolecular Hbond substituents is 1. The van der Waals surface area contributed by atoms with E-state index in [9.17, 15) is 14.7 Å². The Labute approximate surface area is 97.6 Å². The number of aromatic hydroxyl groups is 1. The Morgan fingerprint density at radius 1 is 1.00 bits per heavy atom. The second-order valence-electron chi connectivity index (χ2n) is 2.91. The molecule has 0 atom stereocenters. The Hall–Kier alpha value is -2.56. The van der Waals surface area contributed by atoms with Crippen molar-refractivity contribution in [1.29, 1.82) is 0 Å². The standard InChI is InChI=1S/C12H10O5/c1-3-11(14)16-9-5-8(13)6-10(7-9)17-12(15)4-2/h3-7,13H,1-2H2. The van der Waals surface area contributed by atoms with Crippen LogP contribution in [0.2, 0.25) is 0 Å².